The minimum Gasteiger partial charge on any atom is -0.353 e. The van der Waals surface area contributed by atoms with E-state index in [9.17, 15) is 14.0 Å². The molecule has 6 heteroatoms. The van der Waals surface area contributed by atoms with Gasteiger partial charge < -0.3 is 14.4 Å². The number of carbonyl (C=O) groups excluding carboxylic acids is 2. The van der Waals surface area contributed by atoms with Gasteiger partial charge in [-0.25, -0.2) is 4.39 Å². The molecule has 0 N–H and O–H groups in total. The Hall–Kier alpha value is -3.67. The highest BCUT2D eigenvalue weighted by Gasteiger charge is 2.23. The molecule has 2 aromatic carbocycles. The van der Waals surface area contributed by atoms with Crippen molar-refractivity contribution in [1.82, 2.24) is 14.4 Å². The summed E-state index contributed by atoms with van der Waals surface area (Å²) in [7, 11) is 1.93. The maximum absolute atomic E-state index is 13.6. The summed E-state index contributed by atoms with van der Waals surface area (Å²) in [6, 6.07) is 19.1. The molecule has 1 aromatic heterocycles. The molecule has 0 bridgehead atoms. The molecule has 0 atom stereocenters. The third-order valence-electron chi connectivity index (χ3n) is 5.01. The van der Waals surface area contributed by atoms with Crippen LogP contribution in [0.4, 0.5) is 4.39 Å². The highest BCUT2D eigenvalue weighted by Crippen LogP contribution is 2.13. The van der Waals surface area contributed by atoms with Crippen LogP contribution < -0.4 is 0 Å². The topological polar surface area (TPSA) is 45.6 Å². The van der Waals surface area contributed by atoms with Gasteiger partial charge in [-0.05, 0) is 35.9 Å². The zero-order valence-corrected chi connectivity index (χ0v) is 17.6. The summed E-state index contributed by atoms with van der Waals surface area (Å²) >= 11 is 0. The summed E-state index contributed by atoms with van der Waals surface area (Å²) < 4.78 is 15.6. The lowest BCUT2D eigenvalue weighted by Crippen LogP contribution is -2.42. The van der Waals surface area contributed by atoms with Gasteiger partial charge in [0.25, 0.3) is 5.91 Å². The van der Waals surface area contributed by atoms with E-state index in [0.717, 1.165) is 11.3 Å². The van der Waals surface area contributed by atoms with Crippen molar-refractivity contribution in [3.8, 4) is 0 Å². The molecule has 0 aliphatic heterocycles. The third-order valence-corrected chi connectivity index (χ3v) is 5.01. The van der Waals surface area contributed by atoms with E-state index in [-0.39, 0.29) is 24.6 Å². The number of carbonyl (C=O) groups is 2. The van der Waals surface area contributed by atoms with E-state index >= 15 is 0 Å². The predicted octanol–water partition coefficient (Wildman–Crippen LogP) is 4.02. The number of benzene rings is 2. The Balaban J connectivity index is 1.81. The number of rotatable bonds is 9. The Morgan fingerprint density at radius 1 is 1.00 bits per heavy atom. The van der Waals surface area contributed by atoms with Crippen LogP contribution in [0.3, 0.4) is 0 Å². The summed E-state index contributed by atoms with van der Waals surface area (Å²) in [5, 5.41) is 0. The molecule has 0 aliphatic rings. The second kappa shape index (κ2) is 10.4. The number of halogens is 1. The number of hydrogen-bond acceptors (Lipinski definition) is 2. The van der Waals surface area contributed by atoms with Gasteiger partial charge in [0.1, 0.15) is 12.4 Å². The lowest BCUT2D eigenvalue weighted by Gasteiger charge is -2.27. The summed E-state index contributed by atoms with van der Waals surface area (Å²) in [5.74, 6) is -1.10. The fraction of sp³-hybridized carbons (Fsp3) is 0.200. The largest absolute Gasteiger partial charge is 0.353 e. The van der Waals surface area contributed by atoms with Gasteiger partial charge >= 0.3 is 0 Å². The summed E-state index contributed by atoms with van der Waals surface area (Å²) in [6.07, 6.45) is 3.49. The Morgan fingerprint density at radius 3 is 2.42 bits per heavy atom. The van der Waals surface area contributed by atoms with Gasteiger partial charge in [0.2, 0.25) is 5.91 Å². The number of amides is 2. The van der Waals surface area contributed by atoms with Crippen LogP contribution in [0.2, 0.25) is 0 Å². The van der Waals surface area contributed by atoms with E-state index in [4.69, 9.17) is 0 Å². The van der Waals surface area contributed by atoms with Crippen LogP contribution in [0.5, 0.6) is 0 Å². The molecule has 0 radical (unpaired) electrons. The average molecular weight is 420 g/mol. The molecule has 0 spiro atoms. The highest BCUT2D eigenvalue weighted by atomic mass is 19.1. The van der Waals surface area contributed by atoms with Gasteiger partial charge in [-0.1, -0.05) is 42.5 Å². The van der Waals surface area contributed by atoms with Crippen molar-refractivity contribution in [2.45, 2.75) is 13.1 Å². The molecule has 3 aromatic rings. The maximum atomic E-state index is 13.6. The standard InChI is InChI=1S/C25H26FN3O2/c1-3-14-28(25(31)21-11-7-12-22(26)16-21)19-24(30)29(17-20-9-5-4-6-10-20)18-23-13-8-15-27(23)2/h3-13,15-16H,1,14,17-19H2,2H3. The Bertz CT molecular complexity index is 1050. The zero-order valence-electron chi connectivity index (χ0n) is 17.6. The molecule has 0 aliphatic carbocycles. The molecule has 160 valence electrons. The molecule has 1 heterocycles. The molecule has 0 saturated carbocycles. The Labute approximate surface area is 182 Å². The molecule has 0 unspecified atom stereocenters. The van der Waals surface area contributed by atoms with Crippen LogP contribution in [0, 0.1) is 5.82 Å². The quantitative estimate of drug-likeness (QED) is 0.492. The van der Waals surface area contributed by atoms with Crippen LogP contribution in [-0.2, 0) is 24.9 Å². The minimum absolute atomic E-state index is 0.126. The molecule has 31 heavy (non-hydrogen) atoms. The molecule has 3 rings (SSSR count). The highest BCUT2D eigenvalue weighted by molar-refractivity contribution is 5.96. The first kappa shape index (κ1) is 22.0. The Morgan fingerprint density at radius 2 is 1.77 bits per heavy atom. The lowest BCUT2D eigenvalue weighted by atomic mass is 10.2. The first-order valence-electron chi connectivity index (χ1n) is 10.1. The number of aryl methyl sites for hydroxylation is 1. The molecule has 2 amide bonds. The monoisotopic (exact) mass is 419 g/mol. The van der Waals surface area contributed by atoms with Crippen molar-refractivity contribution in [2.24, 2.45) is 7.05 Å². The van der Waals surface area contributed by atoms with Gasteiger partial charge in [0.05, 0.1) is 6.54 Å². The van der Waals surface area contributed by atoms with Gasteiger partial charge in [0.15, 0.2) is 0 Å². The van der Waals surface area contributed by atoms with E-state index in [1.54, 1.807) is 11.0 Å². The van der Waals surface area contributed by atoms with Crippen LogP contribution >= 0.6 is 0 Å². The van der Waals surface area contributed by atoms with E-state index in [1.165, 1.54) is 29.2 Å². The van der Waals surface area contributed by atoms with Gasteiger partial charge in [-0.2, -0.15) is 0 Å². The van der Waals surface area contributed by atoms with Gasteiger partial charge in [-0.3, -0.25) is 9.59 Å². The Kier molecular flexibility index (Phi) is 7.38. The number of aromatic nitrogens is 1. The second-order valence-electron chi connectivity index (χ2n) is 7.33. The van der Waals surface area contributed by atoms with E-state index < -0.39 is 11.7 Å². The van der Waals surface area contributed by atoms with Crippen LogP contribution in [0.25, 0.3) is 0 Å². The first-order chi connectivity index (χ1) is 15.0. The zero-order chi connectivity index (χ0) is 22.2. The molecule has 0 fully saturated rings. The molecule has 0 saturated heterocycles. The fourth-order valence-corrected chi connectivity index (χ4v) is 3.33. The SMILES string of the molecule is C=CCN(CC(=O)N(Cc1ccccc1)Cc1cccn1C)C(=O)c1cccc(F)c1. The van der Waals surface area contributed by atoms with Crippen molar-refractivity contribution in [1.29, 1.82) is 0 Å². The summed E-state index contributed by atoms with van der Waals surface area (Å²) in [5.41, 5.74) is 2.18. The van der Waals surface area contributed by atoms with Gasteiger partial charge in [0, 0.05) is 37.6 Å². The fourth-order valence-electron chi connectivity index (χ4n) is 3.33. The van der Waals surface area contributed by atoms with Crippen molar-refractivity contribution in [3.63, 3.8) is 0 Å². The van der Waals surface area contributed by atoms with Crippen LogP contribution in [-0.4, -0.2) is 39.3 Å². The second-order valence-corrected chi connectivity index (χ2v) is 7.33. The molecular weight excluding hydrogens is 393 g/mol. The normalized spacial score (nSPS) is 10.5. The van der Waals surface area contributed by atoms with Crippen molar-refractivity contribution >= 4 is 11.8 Å². The predicted molar refractivity (Wildman–Crippen MR) is 119 cm³/mol. The third kappa shape index (κ3) is 5.92. The summed E-state index contributed by atoms with van der Waals surface area (Å²) in [4.78, 5) is 29.3. The minimum atomic E-state index is -0.495. The van der Waals surface area contributed by atoms with Crippen LogP contribution in [0.1, 0.15) is 21.6 Å². The van der Waals surface area contributed by atoms with Crippen molar-refractivity contribution < 1.29 is 14.0 Å². The van der Waals surface area contributed by atoms with Gasteiger partial charge in [-0.15, -0.1) is 6.58 Å². The van der Waals surface area contributed by atoms with E-state index in [2.05, 4.69) is 6.58 Å². The first-order valence-corrected chi connectivity index (χ1v) is 10.1. The van der Waals surface area contributed by atoms with E-state index in [0.29, 0.717) is 13.1 Å². The number of hydrogen-bond donors (Lipinski definition) is 0. The molecule has 5 nitrogen and oxygen atoms in total. The lowest BCUT2D eigenvalue weighted by molar-refractivity contribution is -0.133. The van der Waals surface area contributed by atoms with Crippen molar-refractivity contribution in [2.75, 3.05) is 13.1 Å². The maximum Gasteiger partial charge on any atom is 0.254 e. The smallest absolute Gasteiger partial charge is 0.254 e. The summed E-state index contributed by atoms with van der Waals surface area (Å²) in [6.45, 7) is 4.58. The van der Waals surface area contributed by atoms with Crippen molar-refractivity contribution in [3.05, 3.63) is 108 Å². The van der Waals surface area contributed by atoms with Crippen LogP contribution in [0.15, 0.2) is 85.6 Å². The molecular formula is C25H26FN3O2. The number of nitrogens with zero attached hydrogens (tertiary/aromatic N) is 3. The van der Waals surface area contributed by atoms with E-state index in [1.807, 2.05) is 60.3 Å². The average Bonchev–Trinajstić information content (AvgIpc) is 3.17.